The van der Waals surface area contributed by atoms with Gasteiger partial charge in [0, 0.05) is 6.20 Å². The van der Waals surface area contributed by atoms with E-state index in [0.29, 0.717) is 5.92 Å². The molecule has 0 aromatic carbocycles. The van der Waals surface area contributed by atoms with Gasteiger partial charge in [0.15, 0.2) is 0 Å². The first-order chi connectivity index (χ1) is 8.45. The summed E-state index contributed by atoms with van der Waals surface area (Å²) in [7, 11) is 0. The van der Waals surface area contributed by atoms with E-state index in [-0.39, 0.29) is 5.57 Å². The smallest absolute Gasteiger partial charge is 0.335 e. The molecule has 1 rings (SSSR count). The van der Waals surface area contributed by atoms with Crippen LogP contribution in [0, 0.1) is 5.92 Å². The number of nitrogens with zero attached hydrogens (tertiary/aromatic N) is 1. The summed E-state index contributed by atoms with van der Waals surface area (Å²) in [5.41, 5.74) is 3.11. The van der Waals surface area contributed by atoms with Crippen LogP contribution in [0.2, 0.25) is 0 Å². The normalized spacial score (nSPS) is 20.7. The minimum absolute atomic E-state index is 0.284. The molecule has 3 heteroatoms. The van der Waals surface area contributed by atoms with Gasteiger partial charge in [0.25, 0.3) is 0 Å². The van der Waals surface area contributed by atoms with Crippen molar-refractivity contribution in [2.24, 2.45) is 10.9 Å². The van der Waals surface area contributed by atoms with Crippen molar-refractivity contribution in [3.63, 3.8) is 0 Å². The van der Waals surface area contributed by atoms with Crippen molar-refractivity contribution >= 4 is 11.7 Å². The average Bonchev–Trinajstić information content (AvgIpc) is 2.35. The first-order valence-corrected chi connectivity index (χ1v) is 6.00. The second-order valence-electron chi connectivity index (χ2n) is 4.52. The highest BCUT2D eigenvalue weighted by Crippen LogP contribution is 2.16. The number of carboxylic acid groups (broad SMARTS) is 1. The molecule has 0 saturated carbocycles. The van der Waals surface area contributed by atoms with Crippen LogP contribution in [0.25, 0.3) is 0 Å². The summed E-state index contributed by atoms with van der Waals surface area (Å²) in [4.78, 5) is 15.3. The number of aliphatic imine (C=N–C) groups is 1. The predicted molar refractivity (Wildman–Crippen MR) is 74.6 cm³/mol. The van der Waals surface area contributed by atoms with Gasteiger partial charge in [-0.1, -0.05) is 25.5 Å². The lowest BCUT2D eigenvalue weighted by atomic mass is 10.00. The van der Waals surface area contributed by atoms with Crippen molar-refractivity contribution in [1.82, 2.24) is 0 Å². The first kappa shape index (κ1) is 14.2. The Bertz CT molecular complexity index is 489. The van der Waals surface area contributed by atoms with Crippen molar-refractivity contribution < 1.29 is 9.90 Å². The van der Waals surface area contributed by atoms with Gasteiger partial charge < -0.3 is 5.11 Å². The van der Waals surface area contributed by atoms with Gasteiger partial charge >= 0.3 is 5.97 Å². The van der Waals surface area contributed by atoms with E-state index >= 15 is 0 Å². The molecular weight excluding hydrogens is 226 g/mol. The Labute approximate surface area is 108 Å². The zero-order valence-electron chi connectivity index (χ0n) is 11.3. The molecule has 1 N–H and O–H groups in total. The summed E-state index contributed by atoms with van der Waals surface area (Å²) >= 11 is 0. The van der Waals surface area contributed by atoms with E-state index in [1.165, 1.54) is 5.57 Å². The zero-order valence-corrected chi connectivity index (χ0v) is 11.3. The van der Waals surface area contributed by atoms with Crippen LogP contribution in [0.15, 0.2) is 52.2 Å². The third-order valence-corrected chi connectivity index (χ3v) is 2.90. The molecule has 3 nitrogen and oxygen atoms in total. The molecule has 96 valence electrons. The summed E-state index contributed by atoms with van der Waals surface area (Å²) in [5, 5.41) is 8.93. The lowest BCUT2D eigenvalue weighted by Crippen LogP contribution is -2.07. The number of hydrogen-bond acceptors (Lipinski definition) is 2. The Morgan fingerprint density at radius 2 is 2.06 bits per heavy atom. The number of carbonyl (C=O) groups is 1. The van der Waals surface area contributed by atoms with Gasteiger partial charge in [0.05, 0.1) is 11.3 Å². The highest BCUT2D eigenvalue weighted by atomic mass is 16.4. The number of aliphatic carboxylic acids is 1. The number of allylic oxidation sites excluding steroid dienone is 5. The Hall–Kier alpha value is -1.90. The molecule has 0 unspecified atom stereocenters. The summed E-state index contributed by atoms with van der Waals surface area (Å²) in [6.07, 6.45) is 8.66. The van der Waals surface area contributed by atoms with Crippen molar-refractivity contribution in [3.8, 4) is 0 Å². The molecule has 1 aliphatic rings. The summed E-state index contributed by atoms with van der Waals surface area (Å²) in [6, 6.07) is 0. The third kappa shape index (κ3) is 3.55. The fraction of sp³-hybridized carbons (Fsp3) is 0.333. The van der Waals surface area contributed by atoms with Crippen LogP contribution in [-0.4, -0.2) is 16.8 Å². The maximum atomic E-state index is 10.9. The monoisotopic (exact) mass is 245 g/mol. The van der Waals surface area contributed by atoms with Gasteiger partial charge in [0.1, 0.15) is 0 Å². The lowest BCUT2D eigenvalue weighted by molar-refractivity contribution is -0.132. The van der Waals surface area contributed by atoms with Crippen LogP contribution < -0.4 is 0 Å². The molecule has 0 aromatic heterocycles. The minimum atomic E-state index is -0.918. The van der Waals surface area contributed by atoms with E-state index in [4.69, 9.17) is 5.11 Å². The molecule has 0 radical (unpaired) electrons. The quantitative estimate of drug-likeness (QED) is 0.827. The molecular formula is C15H19NO2. The predicted octanol–water partition coefficient (Wildman–Crippen LogP) is 3.51. The second kappa shape index (κ2) is 6.15. The van der Waals surface area contributed by atoms with Crippen LogP contribution in [-0.2, 0) is 4.79 Å². The molecule has 0 saturated heterocycles. The molecule has 0 aliphatic heterocycles. The van der Waals surface area contributed by atoms with Crippen LogP contribution in [0.1, 0.15) is 27.7 Å². The standard InChI is InChI=1S/C15H19NO2/c1-5-12-8-13(15(17)18)6-7-14(12)16-9-11(4)10(2)3/h5-10H,1-4H3,(H,17,18)/b11-9+,12-5-,16-14-. The van der Waals surface area contributed by atoms with Gasteiger partial charge in [0.2, 0.25) is 0 Å². The minimum Gasteiger partial charge on any atom is -0.478 e. The van der Waals surface area contributed by atoms with Crippen LogP contribution in [0.4, 0.5) is 0 Å². The molecule has 0 heterocycles. The first-order valence-electron chi connectivity index (χ1n) is 6.00. The highest BCUT2D eigenvalue weighted by Gasteiger charge is 2.12. The Balaban J connectivity index is 3.02. The van der Waals surface area contributed by atoms with E-state index in [9.17, 15) is 4.79 Å². The summed E-state index contributed by atoms with van der Waals surface area (Å²) < 4.78 is 0. The van der Waals surface area contributed by atoms with E-state index < -0.39 is 5.97 Å². The number of rotatable bonds is 3. The largest absolute Gasteiger partial charge is 0.478 e. The van der Waals surface area contributed by atoms with Crippen molar-refractivity contribution in [1.29, 1.82) is 0 Å². The highest BCUT2D eigenvalue weighted by molar-refractivity contribution is 6.14. The molecule has 1 aliphatic carbocycles. The van der Waals surface area contributed by atoms with E-state index in [0.717, 1.165) is 11.3 Å². The van der Waals surface area contributed by atoms with Gasteiger partial charge in [-0.2, -0.15) is 0 Å². The van der Waals surface area contributed by atoms with Gasteiger partial charge in [-0.3, -0.25) is 4.99 Å². The van der Waals surface area contributed by atoms with Gasteiger partial charge in [-0.25, -0.2) is 4.79 Å². The molecule has 0 amide bonds. The number of carboxylic acids is 1. The summed E-state index contributed by atoms with van der Waals surface area (Å²) in [5.74, 6) is -0.459. The Morgan fingerprint density at radius 3 is 2.56 bits per heavy atom. The topological polar surface area (TPSA) is 49.7 Å². The fourth-order valence-electron chi connectivity index (χ4n) is 1.36. The van der Waals surface area contributed by atoms with Crippen LogP contribution in [0.5, 0.6) is 0 Å². The van der Waals surface area contributed by atoms with Crippen LogP contribution in [0.3, 0.4) is 0 Å². The second-order valence-corrected chi connectivity index (χ2v) is 4.52. The van der Waals surface area contributed by atoms with E-state index in [1.807, 2.05) is 26.1 Å². The molecule has 0 fully saturated rings. The van der Waals surface area contributed by atoms with E-state index in [2.05, 4.69) is 18.8 Å². The maximum Gasteiger partial charge on any atom is 0.335 e. The average molecular weight is 245 g/mol. The van der Waals surface area contributed by atoms with Crippen LogP contribution >= 0.6 is 0 Å². The molecule has 0 spiro atoms. The molecule has 18 heavy (non-hydrogen) atoms. The fourth-order valence-corrected chi connectivity index (χ4v) is 1.36. The SMILES string of the molecule is C/C=C1/C=C(C(=O)O)C=C/C1=N/C=C(\C)C(C)C. The summed E-state index contributed by atoms with van der Waals surface area (Å²) in [6.45, 7) is 8.14. The number of hydrogen-bond donors (Lipinski definition) is 1. The third-order valence-electron chi connectivity index (χ3n) is 2.90. The Kier molecular flexibility index (Phi) is 4.84. The van der Waals surface area contributed by atoms with E-state index in [1.54, 1.807) is 18.2 Å². The van der Waals surface area contributed by atoms with Gasteiger partial charge in [-0.15, -0.1) is 0 Å². The molecule has 0 aromatic rings. The Morgan fingerprint density at radius 1 is 1.39 bits per heavy atom. The van der Waals surface area contributed by atoms with Gasteiger partial charge in [-0.05, 0) is 43.6 Å². The van der Waals surface area contributed by atoms with Crippen molar-refractivity contribution in [3.05, 3.63) is 47.2 Å². The molecule has 0 bridgehead atoms. The van der Waals surface area contributed by atoms with Crippen molar-refractivity contribution in [2.75, 3.05) is 0 Å². The zero-order chi connectivity index (χ0) is 13.7. The molecule has 0 atom stereocenters. The van der Waals surface area contributed by atoms with Crippen molar-refractivity contribution in [2.45, 2.75) is 27.7 Å². The maximum absolute atomic E-state index is 10.9. The lowest BCUT2D eigenvalue weighted by Gasteiger charge is -2.09.